The zero-order valence-corrected chi connectivity index (χ0v) is 19.0. The fourth-order valence-electron chi connectivity index (χ4n) is 3.90. The van der Waals surface area contributed by atoms with Gasteiger partial charge in [-0.05, 0) is 55.2 Å². The second kappa shape index (κ2) is 10.6. The Balaban J connectivity index is 1.52. The van der Waals surface area contributed by atoms with Crippen molar-refractivity contribution in [2.75, 3.05) is 20.8 Å². The van der Waals surface area contributed by atoms with Gasteiger partial charge in [-0.3, -0.25) is 4.79 Å². The fourth-order valence-corrected chi connectivity index (χ4v) is 3.90. The number of hydrogen-bond acceptors (Lipinski definition) is 4. The summed E-state index contributed by atoms with van der Waals surface area (Å²) < 4.78 is 10.8. The van der Waals surface area contributed by atoms with Crippen molar-refractivity contribution in [2.24, 2.45) is 0 Å². The molecule has 0 aliphatic carbocycles. The molecule has 168 valence electrons. The maximum absolute atomic E-state index is 13.1. The summed E-state index contributed by atoms with van der Waals surface area (Å²) in [6.07, 6.45) is 2.96. The molecule has 0 atom stereocenters. The number of amides is 1. The van der Waals surface area contributed by atoms with Crippen LogP contribution in [0.15, 0.2) is 78.9 Å². The second-order valence-electron chi connectivity index (χ2n) is 7.84. The average molecular weight is 441 g/mol. The number of aryl methyl sites for hydroxylation is 1. The third-order valence-corrected chi connectivity index (χ3v) is 5.66. The molecule has 0 unspecified atom stereocenters. The van der Waals surface area contributed by atoms with Crippen molar-refractivity contribution in [1.29, 1.82) is 0 Å². The standard InChI is InChI=1S/C28H28N2O3/c1-32-26-16-15-21(18-27(26)33-2)25-19-23(22-13-6-7-14-24(22)30-25)28(31)29-17-9-8-12-20-10-4-3-5-11-20/h3-7,10-11,13-16,18-19H,8-9,12,17H2,1-2H3,(H,29,31). The molecule has 1 amide bonds. The molecule has 4 rings (SSSR count). The van der Waals surface area contributed by atoms with Crippen LogP contribution < -0.4 is 14.8 Å². The lowest BCUT2D eigenvalue weighted by Gasteiger charge is -2.12. The molecule has 0 bridgehead atoms. The second-order valence-corrected chi connectivity index (χ2v) is 7.84. The molecule has 0 aliphatic heterocycles. The van der Waals surface area contributed by atoms with Gasteiger partial charge in [0.2, 0.25) is 0 Å². The first-order valence-electron chi connectivity index (χ1n) is 11.1. The van der Waals surface area contributed by atoms with Crippen LogP contribution >= 0.6 is 0 Å². The number of rotatable bonds is 9. The van der Waals surface area contributed by atoms with Gasteiger partial charge in [-0.1, -0.05) is 48.5 Å². The third-order valence-electron chi connectivity index (χ3n) is 5.66. The Morgan fingerprint density at radius 3 is 2.39 bits per heavy atom. The molecule has 0 fully saturated rings. The number of unbranched alkanes of at least 4 members (excludes halogenated alkanes) is 1. The highest BCUT2D eigenvalue weighted by molar-refractivity contribution is 6.07. The lowest BCUT2D eigenvalue weighted by Crippen LogP contribution is -2.25. The van der Waals surface area contributed by atoms with Gasteiger partial charge in [0, 0.05) is 17.5 Å². The van der Waals surface area contributed by atoms with Crippen LogP contribution in [0.1, 0.15) is 28.8 Å². The van der Waals surface area contributed by atoms with E-state index in [0.29, 0.717) is 29.3 Å². The van der Waals surface area contributed by atoms with E-state index < -0.39 is 0 Å². The Morgan fingerprint density at radius 2 is 1.61 bits per heavy atom. The van der Waals surface area contributed by atoms with Crippen LogP contribution in [0.25, 0.3) is 22.2 Å². The molecule has 1 aromatic heterocycles. The number of para-hydroxylation sites is 1. The van der Waals surface area contributed by atoms with Gasteiger partial charge in [0.25, 0.3) is 5.91 Å². The van der Waals surface area contributed by atoms with Gasteiger partial charge in [0.05, 0.1) is 31.0 Å². The molecule has 0 spiro atoms. The number of carbonyl (C=O) groups excluding carboxylic acids is 1. The minimum Gasteiger partial charge on any atom is -0.493 e. The number of pyridine rings is 1. The van der Waals surface area contributed by atoms with Crippen LogP contribution in [-0.4, -0.2) is 31.7 Å². The molecule has 1 N–H and O–H groups in total. The smallest absolute Gasteiger partial charge is 0.252 e. The van der Waals surface area contributed by atoms with Crippen molar-refractivity contribution in [2.45, 2.75) is 19.3 Å². The highest BCUT2D eigenvalue weighted by Gasteiger charge is 2.15. The quantitative estimate of drug-likeness (QED) is 0.341. The van der Waals surface area contributed by atoms with Gasteiger partial charge in [-0.25, -0.2) is 4.98 Å². The molecule has 5 nitrogen and oxygen atoms in total. The van der Waals surface area contributed by atoms with E-state index in [4.69, 9.17) is 14.5 Å². The summed E-state index contributed by atoms with van der Waals surface area (Å²) in [4.78, 5) is 17.9. The zero-order valence-electron chi connectivity index (χ0n) is 19.0. The monoisotopic (exact) mass is 440 g/mol. The van der Waals surface area contributed by atoms with Gasteiger partial charge in [-0.15, -0.1) is 0 Å². The number of carbonyl (C=O) groups is 1. The van der Waals surface area contributed by atoms with Crippen molar-refractivity contribution in [1.82, 2.24) is 10.3 Å². The van der Waals surface area contributed by atoms with Crippen LogP contribution in [0.2, 0.25) is 0 Å². The van der Waals surface area contributed by atoms with Crippen LogP contribution in [-0.2, 0) is 6.42 Å². The molecule has 4 aromatic rings. The van der Waals surface area contributed by atoms with Gasteiger partial charge >= 0.3 is 0 Å². The van der Waals surface area contributed by atoms with Crippen LogP contribution in [0, 0.1) is 0 Å². The van der Waals surface area contributed by atoms with E-state index in [1.165, 1.54) is 5.56 Å². The Labute approximate surface area is 194 Å². The molecular formula is C28H28N2O3. The Bertz CT molecular complexity index is 1240. The summed E-state index contributed by atoms with van der Waals surface area (Å²) in [7, 11) is 3.21. The van der Waals surface area contributed by atoms with Gasteiger partial charge in [-0.2, -0.15) is 0 Å². The number of fused-ring (bicyclic) bond motifs is 1. The molecule has 33 heavy (non-hydrogen) atoms. The largest absolute Gasteiger partial charge is 0.493 e. The third kappa shape index (κ3) is 5.32. The first kappa shape index (κ1) is 22.3. The number of nitrogens with one attached hydrogen (secondary N) is 1. The predicted molar refractivity (Wildman–Crippen MR) is 132 cm³/mol. The van der Waals surface area contributed by atoms with E-state index in [2.05, 4.69) is 29.6 Å². The molecule has 1 heterocycles. The van der Waals surface area contributed by atoms with Crippen molar-refractivity contribution >= 4 is 16.8 Å². The lowest BCUT2D eigenvalue weighted by molar-refractivity contribution is 0.0954. The Hall–Kier alpha value is -3.86. The maximum Gasteiger partial charge on any atom is 0.252 e. The minimum absolute atomic E-state index is 0.0879. The number of methoxy groups -OCH3 is 2. The molecule has 0 saturated carbocycles. The minimum atomic E-state index is -0.0879. The first-order chi connectivity index (χ1) is 16.2. The van der Waals surface area contributed by atoms with E-state index in [9.17, 15) is 4.79 Å². The van der Waals surface area contributed by atoms with Crippen molar-refractivity contribution in [3.63, 3.8) is 0 Å². The van der Waals surface area contributed by atoms with Crippen molar-refractivity contribution < 1.29 is 14.3 Å². The van der Waals surface area contributed by atoms with E-state index in [1.54, 1.807) is 14.2 Å². The summed E-state index contributed by atoms with van der Waals surface area (Å²) in [5.74, 6) is 1.18. The lowest BCUT2D eigenvalue weighted by atomic mass is 10.0. The number of benzene rings is 3. The SMILES string of the molecule is COc1ccc(-c2cc(C(=O)NCCCCc3ccccc3)c3ccccc3n2)cc1OC. The summed E-state index contributed by atoms with van der Waals surface area (Å²) >= 11 is 0. The Kier molecular flexibility index (Phi) is 7.20. The molecule has 0 saturated heterocycles. The summed E-state index contributed by atoms with van der Waals surface area (Å²) in [6.45, 7) is 0.633. The molecule has 5 heteroatoms. The highest BCUT2D eigenvalue weighted by Crippen LogP contribution is 2.33. The zero-order chi connectivity index (χ0) is 23.0. The van der Waals surface area contributed by atoms with E-state index in [0.717, 1.165) is 35.7 Å². The normalized spacial score (nSPS) is 10.7. The number of hydrogen-bond donors (Lipinski definition) is 1. The van der Waals surface area contributed by atoms with E-state index >= 15 is 0 Å². The van der Waals surface area contributed by atoms with Gasteiger partial charge in [0.15, 0.2) is 11.5 Å². The first-order valence-corrected chi connectivity index (χ1v) is 11.1. The average Bonchev–Trinajstić information content (AvgIpc) is 2.87. The Morgan fingerprint density at radius 1 is 0.848 bits per heavy atom. The predicted octanol–water partition coefficient (Wildman–Crippen LogP) is 5.67. The van der Waals surface area contributed by atoms with Crippen LogP contribution in [0.4, 0.5) is 0 Å². The van der Waals surface area contributed by atoms with E-state index in [1.807, 2.05) is 54.6 Å². The number of ether oxygens (including phenoxy) is 2. The summed E-state index contributed by atoms with van der Waals surface area (Å²) in [5, 5.41) is 3.92. The summed E-state index contributed by atoms with van der Waals surface area (Å²) in [5.41, 5.74) is 4.29. The number of nitrogens with zero attached hydrogens (tertiary/aromatic N) is 1. The molecule has 3 aromatic carbocycles. The summed E-state index contributed by atoms with van der Waals surface area (Å²) in [6, 6.07) is 25.6. The maximum atomic E-state index is 13.1. The van der Waals surface area contributed by atoms with Crippen molar-refractivity contribution in [3.05, 3.63) is 90.0 Å². The highest BCUT2D eigenvalue weighted by atomic mass is 16.5. The van der Waals surface area contributed by atoms with E-state index in [-0.39, 0.29) is 5.91 Å². The van der Waals surface area contributed by atoms with Gasteiger partial charge in [0.1, 0.15) is 0 Å². The van der Waals surface area contributed by atoms with Crippen molar-refractivity contribution in [3.8, 4) is 22.8 Å². The molecule has 0 radical (unpaired) electrons. The topological polar surface area (TPSA) is 60.5 Å². The van der Waals surface area contributed by atoms with Crippen LogP contribution in [0.3, 0.4) is 0 Å². The van der Waals surface area contributed by atoms with Crippen LogP contribution in [0.5, 0.6) is 11.5 Å². The van der Waals surface area contributed by atoms with Gasteiger partial charge < -0.3 is 14.8 Å². The molecular weight excluding hydrogens is 412 g/mol. The number of aromatic nitrogens is 1. The fraction of sp³-hybridized carbons (Fsp3) is 0.214. The molecule has 0 aliphatic rings.